The van der Waals surface area contributed by atoms with Gasteiger partial charge in [0.25, 0.3) is 0 Å². The Morgan fingerprint density at radius 2 is 1.71 bits per heavy atom. The molecule has 1 unspecified atom stereocenters. The predicted molar refractivity (Wildman–Crippen MR) is 89.2 cm³/mol. The van der Waals surface area contributed by atoms with Gasteiger partial charge in [-0.05, 0) is 47.1 Å². The van der Waals surface area contributed by atoms with E-state index in [1.54, 1.807) is 14.2 Å². The first-order valence-electron chi connectivity index (χ1n) is 6.82. The summed E-state index contributed by atoms with van der Waals surface area (Å²) in [4.78, 5) is 0. The Labute approximate surface area is 134 Å². The number of nitrogens with one attached hydrogen (secondary N) is 1. The number of rotatable bonds is 6. The minimum Gasteiger partial charge on any atom is -0.496 e. The average Bonchev–Trinajstić information content (AvgIpc) is 2.53. The number of benzene rings is 2. The van der Waals surface area contributed by atoms with Crippen molar-refractivity contribution in [2.45, 2.75) is 12.5 Å². The lowest BCUT2D eigenvalue weighted by atomic mass is 9.98. The van der Waals surface area contributed by atoms with E-state index in [2.05, 4.69) is 45.5 Å². The zero-order chi connectivity index (χ0) is 15.2. The fraction of sp³-hybridized carbons (Fsp3) is 0.294. The van der Waals surface area contributed by atoms with Crippen LogP contribution in [0.15, 0.2) is 46.9 Å². The summed E-state index contributed by atoms with van der Waals surface area (Å²) in [6, 6.07) is 14.5. The van der Waals surface area contributed by atoms with E-state index in [-0.39, 0.29) is 6.04 Å². The van der Waals surface area contributed by atoms with Crippen LogP contribution in [-0.4, -0.2) is 21.3 Å². The molecule has 0 spiro atoms. The molecular formula is C17H20BrNO2. The average molecular weight is 350 g/mol. The Bertz CT molecular complexity index is 587. The quantitative estimate of drug-likeness (QED) is 0.855. The lowest BCUT2D eigenvalue weighted by Gasteiger charge is -2.21. The van der Waals surface area contributed by atoms with Gasteiger partial charge < -0.3 is 14.8 Å². The molecule has 2 aromatic carbocycles. The molecule has 0 aromatic heterocycles. The molecule has 2 aromatic rings. The van der Waals surface area contributed by atoms with E-state index in [0.717, 1.165) is 28.0 Å². The normalized spacial score (nSPS) is 12.0. The summed E-state index contributed by atoms with van der Waals surface area (Å²) >= 11 is 3.49. The number of hydrogen-bond acceptors (Lipinski definition) is 3. The Kier molecular flexibility index (Phi) is 5.65. The van der Waals surface area contributed by atoms with Gasteiger partial charge in [-0.15, -0.1) is 0 Å². The third-order valence-electron chi connectivity index (χ3n) is 3.51. The van der Waals surface area contributed by atoms with E-state index >= 15 is 0 Å². The van der Waals surface area contributed by atoms with Crippen molar-refractivity contribution in [3.8, 4) is 11.5 Å². The molecule has 0 fully saturated rings. The van der Waals surface area contributed by atoms with E-state index in [1.165, 1.54) is 5.56 Å². The van der Waals surface area contributed by atoms with Crippen LogP contribution in [0.2, 0.25) is 0 Å². The fourth-order valence-corrected chi connectivity index (χ4v) is 2.86. The monoisotopic (exact) mass is 349 g/mol. The Morgan fingerprint density at radius 3 is 2.29 bits per heavy atom. The lowest BCUT2D eigenvalue weighted by molar-refractivity contribution is 0.389. The summed E-state index contributed by atoms with van der Waals surface area (Å²) in [6.07, 6.45) is 0.887. The second-order valence-electron chi connectivity index (χ2n) is 4.76. The van der Waals surface area contributed by atoms with Crippen LogP contribution in [0, 0.1) is 0 Å². The van der Waals surface area contributed by atoms with Crippen LogP contribution in [0.3, 0.4) is 0 Å². The minimum absolute atomic E-state index is 0.157. The molecule has 4 heteroatoms. The molecule has 0 aliphatic heterocycles. The molecule has 0 saturated heterocycles. The molecule has 1 N–H and O–H groups in total. The zero-order valence-corrected chi connectivity index (χ0v) is 14.1. The van der Waals surface area contributed by atoms with E-state index in [0.29, 0.717) is 0 Å². The summed E-state index contributed by atoms with van der Waals surface area (Å²) < 4.78 is 11.8. The van der Waals surface area contributed by atoms with Crippen molar-refractivity contribution < 1.29 is 9.47 Å². The number of ether oxygens (including phenoxy) is 2. The van der Waals surface area contributed by atoms with Crippen LogP contribution in [0.1, 0.15) is 17.2 Å². The third kappa shape index (κ3) is 3.77. The second kappa shape index (κ2) is 7.48. The maximum atomic E-state index is 5.52. The largest absolute Gasteiger partial charge is 0.496 e. The van der Waals surface area contributed by atoms with Crippen LogP contribution in [0.4, 0.5) is 0 Å². The maximum absolute atomic E-state index is 5.52. The van der Waals surface area contributed by atoms with Gasteiger partial charge in [0.1, 0.15) is 11.5 Å². The van der Waals surface area contributed by atoms with Crippen molar-refractivity contribution in [2.75, 3.05) is 21.3 Å². The molecule has 3 nitrogen and oxygen atoms in total. The van der Waals surface area contributed by atoms with Crippen LogP contribution < -0.4 is 14.8 Å². The summed E-state index contributed by atoms with van der Waals surface area (Å²) in [5, 5.41) is 3.36. The highest BCUT2D eigenvalue weighted by atomic mass is 79.9. The maximum Gasteiger partial charge on any atom is 0.133 e. The van der Waals surface area contributed by atoms with Crippen molar-refractivity contribution >= 4 is 15.9 Å². The first-order valence-corrected chi connectivity index (χ1v) is 7.61. The van der Waals surface area contributed by atoms with Crippen molar-refractivity contribution in [1.29, 1.82) is 0 Å². The van der Waals surface area contributed by atoms with Gasteiger partial charge >= 0.3 is 0 Å². The Morgan fingerprint density at radius 1 is 1.05 bits per heavy atom. The predicted octanol–water partition coefficient (Wildman–Crippen LogP) is 3.97. The van der Waals surface area contributed by atoms with Crippen molar-refractivity contribution in [3.63, 3.8) is 0 Å². The van der Waals surface area contributed by atoms with Crippen molar-refractivity contribution in [1.82, 2.24) is 5.32 Å². The molecule has 1 atom stereocenters. The number of halogens is 1. The van der Waals surface area contributed by atoms with E-state index in [9.17, 15) is 0 Å². The number of hydrogen-bond donors (Lipinski definition) is 1. The fourth-order valence-electron chi connectivity index (χ4n) is 2.37. The highest BCUT2D eigenvalue weighted by Gasteiger charge is 2.18. The van der Waals surface area contributed by atoms with Gasteiger partial charge in [0, 0.05) is 11.6 Å². The van der Waals surface area contributed by atoms with Gasteiger partial charge in [0.05, 0.1) is 18.7 Å². The standard InChI is InChI=1S/C17H20BrNO2/c1-19-15(9-12-7-5-4-6-8-12)13-10-17(21-3)14(18)11-16(13)20-2/h4-8,10-11,15,19H,9H2,1-3H3. The molecule has 0 saturated carbocycles. The van der Waals surface area contributed by atoms with Crippen molar-refractivity contribution in [3.05, 3.63) is 58.1 Å². The SMILES string of the molecule is CNC(Cc1ccccc1)c1cc(OC)c(Br)cc1OC. The minimum atomic E-state index is 0.157. The Balaban J connectivity index is 2.36. The van der Waals surface area contributed by atoms with Crippen LogP contribution in [0.25, 0.3) is 0 Å². The molecule has 21 heavy (non-hydrogen) atoms. The molecule has 0 heterocycles. The molecule has 0 aliphatic rings. The number of likely N-dealkylation sites (N-methyl/N-ethyl adjacent to an activating group) is 1. The first-order chi connectivity index (χ1) is 10.2. The summed E-state index contributed by atoms with van der Waals surface area (Å²) in [5.41, 5.74) is 2.37. The first kappa shape index (κ1) is 15.9. The topological polar surface area (TPSA) is 30.5 Å². The molecule has 0 bridgehead atoms. The molecule has 0 aliphatic carbocycles. The van der Waals surface area contributed by atoms with Crippen LogP contribution in [0.5, 0.6) is 11.5 Å². The second-order valence-corrected chi connectivity index (χ2v) is 5.61. The highest BCUT2D eigenvalue weighted by Crippen LogP contribution is 2.36. The van der Waals surface area contributed by atoms with Gasteiger partial charge in [0.15, 0.2) is 0 Å². The smallest absolute Gasteiger partial charge is 0.133 e. The van der Waals surface area contributed by atoms with Gasteiger partial charge in [-0.3, -0.25) is 0 Å². The van der Waals surface area contributed by atoms with Gasteiger partial charge in [0.2, 0.25) is 0 Å². The summed E-state index contributed by atoms with van der Waals surface area (Å²) in [7, 11) is 5.32. The van der Waals surface area contributed by atoms with E-state index in [4.69, 9.17) is 9.47 Å². The van der Waals surface area contributed by atoms with E-state index in [1.807, 2.05) is 25.2 Å². The van der Waals surface area contributed by atoms with Crippen LogP contribution >= 0.6 is 15.9 Å². The molecule has 2 rings (SSSR count). The lowest BCUT2D eigenvalue weighted by Crippen LogP contribution is -2.19. The van der Waals surface area contributed by atoms with Gasteiger partial charge in [-0.25, -0.2) is 0 Å². The molecule has 0 radical (unpaired) electrons. The highest BCUT2D eigenvalue weighted by molar-refractivity contribution is 9.10. The van der Waals surface area contributed by atoms with E-state index < -0.39 is 0 Å². The number of methoxy groups -OCH3 is 2. The van der Waals surface area contributed by atoms with Crippen LogP contribution in [-0.2, 0) is 6.42 Å². The zero-order valence-electron chi connectivity index (χ0n) is 12.5. The van der Waals surface area contributed by atoms with Gasteiger partial charge in [-0.2, -0.15) is 0 Å². The summed E-state index contributed by atoms with van der Waals surface area (Å²) in [5.74, 6) is 1.65. The third-order valence-corrected chi connectivity index (χ3v) is 4.13. The molecule has 0 amide bonds. The molecule has 112 valence electrons. The van der Waals surface area contributed by atoms with Gasteiger partial charge in [-0.1, -0.05) is 30.3 Å². The summed E-state index contributed by atoms with van der Waals surface area (Å²) in [6.45, 7) is 0. The Hall–Kier alpha value is -1.52. The van der Waals surface area contributed by atoms with Crippen molar-refractivity contribution in [2.24, 2.45) is 0 Å². The molecular weight excluding hydrogens is 330 g/mol.